The Kier molecular flexibility index (Phi) is 2.75. The van der Waals surface area contributed by atoms with Crippen LogP contribution in [0, 0.1) is 12.3 Å². The van der Waals surface area contributed by atoms with Gasteiger partial charge in [-0.25, -0.2) is 0 Å². The molecule has 0 bridgehead atoms. The molecule has 0 atom stereocenters. The van der Waals surface area contributed by atoms with Crippen LogP contribution in [0.3, 0.4) is 0 Å². The highest BCUT2D eigenvalue weighted by atomic mass is 15.2. The quantitative estimate of drug-likeness (QED) is 0.637. The van der Waals surface area contributed by atoms with Gasteiger partial charge in [-0.05, 0) is 48.7 Å². The normalized spacial score (nSPS) is 13.4. The second-order valence-electron chi connectivity index (χ2n) is 4.94. The lowest BCUT2D eigenvalue weighted by Crippen LogP contribution is -2.16. The first kappa shape index (κ1) is 11.8. The first-order chi connectivity index (χ1) is 9.16. The summed E-state index contributed by atoms with van der Waals surface area (Å²) in [6.07, 6.45) is 1.09. The molecule has 2 aromatic carbocycles. The highest BCUT2D eigenvalue weighted by Crippen LogP contribution is 2.34. The minimum Gasteiger partial charge on any atom is -0.384 e. The van der Waals surface area contributed by atoms with E-state index in [4.69, 9.17) is 11.1 Å². The Bertz CT molecular complexity index is 646. The number of amidine groups is 1. The predicted molar refractivity (Wildman–Crippen MR) is 79.3 cm³/mol. The van der Waals surface area contributed by atoms with Crippen LogP contribution < -0.4 is 10.6 Å². The minimum atomic E-state index is 0.130. The summed E-state index contributed by atoms with van der Waals surface area (Å²) in [5.41, 5.74) is 11.3. The summed E-state index contributed by atoms with van der Waals surface area (Å²) in [6, 6.07) is 14.6. The average Bonchev–Trinajstić information content (AvgIpc) is 2.82. The zero-order valence-electron chi connectivity index (χ0n) is 11.0. The number of fused-ring (bicyclic) bond motifs is 1. The van der Waals surface area contributed by atoms with Crippen LogP contribution in [0.2, 0.25) is 0 Å². The van der Waals surface area contributed by atoms with Crippen molar-refractivity contribution in [3.05, 3.63) is 59.2 Å². The largest absolute Gasteiger partial charge is 0.384 e. The van der Waals surface area contributed by atoms with Crippen LogP contribution in [0.1, 0.15) is 16.7 Å². The van der Waals surface area contributed by atoms with Crippen LogP contribution in [-0.2, 0) is 6.42 Å². The van der Waals surface area contributed by atoms with E-state index in [-0.39, 0.29) is 5.84 Å². The Morgan fingerprint density at radius 2 is 2.00 bits per heavy atom. The molecule has 3 N–H and O–H groups in total. The summed E-state index contributed by atoms with van der Waals surface area (Å²) in [5.74, 6) is 0.130. The molecule has 0 aromatic heterocycles. The lowest BCUT2D eigenvalue weighted by Gasteiger charge is -2.20. The molecule has 2 aromatic rings. The Labute approximate surface area is 113 Å². The van der Waals surface area contributed by atoms with Crippen LogP contribution in [0.5, 0.6) is 0 Å². The van der Waals surface area contributed by atoms with Gasteiger partial charge in [0.15, 0.2) is 0 Å². The number of hydrogen-bond donors (Lipinski definition) is 2. The molecule has 3 nitrogen and oxygen atoms in total. The van der Waals surface area contributed by atoms with Crippen LogP contribution in [0.25, 0.3) is 0 Å². The first-order valence-electron chi connectivity index (χ1n) is 6.47. The van der Waals surface area contributed by atoms with E-state index in [2.05, 4.69) is 35.2 Å². The van der Waals surface area contributed by atoms with Crippen molar-refractivity contribution in [2.75, 3.05) is 11.4 Å². The van der Waals surface area contributed by atoms with Crippen molar-refractivity contribution in [3.63, 3.8) is 0 Å². The lowest BCUT2D eigenvalue weighted by molar-refractivity contribution is 0.997. The van der Waals surface area contributed by atoms with E-state index in [9.17, 15) is 0 Å². The number of nitrogens with two attached hydrogens (primary N) is 1. The van der Waals surface area contributed by atoms with Crippen molar-refractivity contribution in [3.8, 4) is 0 Å². The molecule has 0 unspecified atom stereocenters. The Balaban J connectivity index is 2.01. The fourth-order valence-corrected chi connectivity index (χ4v) is 2.72. The molecule has 3 rings (SSSR count). The summed E-state index contributed by atoms with van der Waals surface area (Å²) in [6.45, 7) is 3.01. The number of nitrogens with one attached hydrogen (secondary N) is 1. The van der Waals surface area contributed by atoms with Crippen LogP contribution in [0.4, 0.5) is 11.4 Å². The van der Waals surface area contributed by atoms with Gasteiger partial charge < -0.3 is 10.6 Å². The Hall–Kier alpha value is -2.29. The molecule has 0 aliphatic carbocycles. The smallest absolute Gasteiger partial charge is 0.123 e. The van der Waals surface area contributed by atoms with E-state index in [1.807, 2.05) is 19.1 Å². The summed E-state index contributed by atoms with van der Waals surface area (Å²) in [7, 11) is 0. The number of benzene rings is 2. The molecule has 3 heteroatoms. The number of anilines is 2. The summed E-state index contributed by atoms with van der Waals surface area (Å²) < 4.78 is 0. The maximum absolute atomic E-state index is 7.54. The number of hydrogen-bond acceptors (Lipinski definition) is 2. The molecular weight excluding hydrogens is 234 g/mol. The average molecular weight is 251 g/mol. The first-order valence-corrected chi connectivity index (χ1v) is 6.47. The van der Waals surface area contributed by atoms with E-state index in [0.717, 1.165) is 24.1 Å². The van der Waals surface area contributed by atoms with E-state index in [1.165, 1.54) is 16.9 Å². The summed E-state index contributed by atoms with van der Waals surface area (Å²) >= 11 is 0. The monoisotopic (exact) mass is 251 g/mol. The number of nitrogens with zero attached hydrogens (tertiary/aromatic N) is 1. The molecule has 0 saturated heterocycles. The van der Waals surface area contributed by atoms with Gasteiger partial charge in [0.05, 0.1) is 0 Å². The lowest BCUT2D eigenvalue weighted by atomic mass is 10.1. The van der Waals surface area contributed by atoms with E-state index >= 15 is 0 Å². The highest BCUT2D eigenvalue weighted by Gasteiger charge is 2.20. The van der Waals surface area contributed by atoms with Gasteiger partial charge in [-0.1, -0.05) is 18.2 Å². The summed E-state index contributed by atoms with van der Waals surface area (Å²) in [4.78, 5) is 2.33. The maximum Gasteiger partial charge on any atom is 0.123 e. The molecule has 1 aliphatic rings. The van der Waals surface area contributed by atoms with Gasteiger partial charge in [0.25, 0.3) is 0 Å². The topological polar surface area (TPSA) is 53.1 Å². The number of aryl methyl sites for hydroxylation is 1. The fraction of sp³-hybridized carbons (Fsp3) is 0.188. The third-order valence-corrected chi connectivity index (χ3v) is 3.70. The van der Waals surface area contributed by atoms with Gasteiger partial charge in [-0.15, -0.1) is 0 Å². The second-order valence-corrected chi connectivity index (χ2v) is 4.94. The van der Waals surface area contributed by atoms with Gasteiger partial charge in [-0.3, -0.25) is 5.41 Å². The van der Waals surface area contributed by atoms with E-state index in [1.54, 1.807) is 0 Å². The predicted octanol–water partition coefficient (Wildman–Crippen LogP) is 2.97. The fourth-order valence-electron chi connectivity index (χ4n) is 2.72. The Morgan fingerprint density at radius 3 is 2.74 bits per heavy atom. The zero-order chi connectivity index (χ0) is 13.4. The van der Waals surface area contributed by atoms with Gasteiger partial charge >= 0.3 is 0 Å². The summed E-state index contributed by atoms with van der Waals surface area (Å²) in [5, 5.41) is 7.54. The van der Waals surface area contributed by atoms with Crippen LogP contribution >= 0.6 is 0 Å². The molecule has 0 amide bonds. The van der Waals surface area contributed by atoms with Gasteiger partial charge in [0.2, 0.25) is 0 Å². The second kappa shape index (κ2) is 4.43. The van der Waals surface area contributed by atoms with Gasteiger partial charge in [0, 0.05) is 23.5 Å². The van der Waals surface area contributed by atoms with Crippen molar-refractivity contribution >= 4 is 17.2 Å². The van der Waals surface area contributed by atoms with Crippen molar-refractivity contribution in [1.82, 2.24) is 0 Å². The third kappa shape index (κ3) is 1.97. The number of para-hydroxylation sites is 1. The zero-order valence-corrected chi connectivity index (χ0v) is 11.0. The van der Waals surface area contributed by atoms with Crippen molar-refractivity contribution in [2.45, 2.75) is 13.3 Å². The molecule has 96 valence electrons. The molecule has 0 spiro atoms. The van der Waals surface area contributed by atoms with Crippen LogP contribution in [0.15, 0.2) is 42.5 Å². The van der Waals surface area contributed by atoms with E-state index in [0.29, 0.717) is 0 Å². The van der Waals surface area contributed by atoms with Gasteiger partial charge in [-0.2, -0.15) is 0 Å². The van der Waals surface area contributed by atoms with Crippen molar-refractivity contribution in [2.24, 2.45) is 5.73 Å². The minimum absolute atomic E-state index is 0.130. The number of rotatable bonds is 2. The Morgan fingerprint density at radius 1 is 1.21 bits per heavy atom. The van der Waals surface area contributed by atoms with Gasteiger partial charge in [0.1, 0.15) is 5.84 Å². The third-order valence-electron chi connectivity index (χ3n) is 3.70. The maximum atomic E-state index is 7.54. The standard InChI is InChI=1S/C16H17N3/c1-11-10-13(6-7-14(11)16(17)18)19-9-8-12-4-2-3-5-15(12)19/h2-7,10H,8-9H2,1H3,(H3,17,18). The molecule has 0 fully saturated rings. The molecule has 0 saturated carbocycles. The molecule has 1 heterocycles. The number of nitrogen functional groups attached to an aromatic ring is 1. The van der Waals surface area contributed by atoms with Crippen LogP contribution in [-0.4, -0.2) is 12.4 Å². The van der Waals surface area contributed by atoms with Crippen molar-refractivity contribution < 1.29 is 0 Å². The van der Waals surface area contributed by atoms with E-state index < -0.39 is 0 Å². The molecule has 19 heavy (non-hydrogen) atoms. The van der Waals surface area contributed by atoms with Crippen molar-refractivity contribution in [1.29, 1.82) is 5.41 Å². The SMILES string of the molecule is Cc1cc(N2CCc3ccccc32)ccc1C(=N)N. The molecule has 1 aliphatic heterocycles. The highest BCUT2D eigenvalue weighted by molar-refractivity contribution is 5.96. The molecular formula is C16H17N3. The molecule has 0 radical (unpaired) electrons.